The smallest absolute Gasteiger partial charge is 0.258 e. The van der Waals surface area contributed by atoms with E-state index < -0.39 is 0 Å². The molecule has 0 atom stereocenters. The molecule has 0 aliphatic carbocycles. The zero-order valence-electron chi connectivity index (χ0n) is 16.8. The van der Waals surface area contributed by atoms with Crippen LogP contribution < -0.4 is 10.2 Å². The van der Waals surface area contributed by atoms with Crippen LogP contribution in [0.15, 0.2) is 60.9 Å². The molecule has 5 nitrogen and oxygen atoms in total. The minimum atomic E-state index is -0.210. The molecule has 0 aliphatic heterocycles. The summed E-state index contributed by atoms with van der Waals surface area (Å²) in [5.74, 6) is 0.688. The molecule has 144 valence electrons. The number of carbonyl (C=O) groups excluding carboxylic acids is 1. The van der Waals surface area contributed by atoms with Gasteiger partial charge in [-0.05, 0) is 49.1 Å². The first-order valence-electron chi connectivity index (χ1n) is 9.56. The highest BCUT2D eigenvalue weighted by Crippen LogP contribution is 2.25. The van der Waals surface area contributed by atoms with Crippen molar-refractivity contribution in [2.45, 2.75) is 33.6 Å². The van der Waals surface area contributed by atoms with Crippen LogP contribution in [0, 0.1) is 6.92 Å². The van der Waals surface area contributed by atoms with Crippen LogP contribution in [0.4, 0.5) is 17.3 Å². The number of benzene rings is 2. The van der Waals surface area contributed by atoms with E-state index >= 15 is 0 Å². The molecule has 0 saturated carbocycles. The number of hydrogen-bond donors (Lipinski definition) is 1. The largest absolute Gasteiger partial charge is 0.322 e. The zero-order valence-corrected chi connectivity index (χ0v) is 16.8. The summed E-state index contributed by atoms with van der Waals surface area (Å²) in [4.78, 5) is 23.5. The summed E-state index contributed by atoms with van der Waals surface area (Å²) in [6.45, 7) is 9.05. The van der Waals surface area contributed by atoms with Crippen LogP contribution >= 0.6 is 0 Å². The number of para-hydroxylation sites is 1. The zero-order chi connectivity index (χ0) is 20.1. The normalized spacial score (nSPS) is 10.8. The average Bonchev–Trinajstić information content (AvgIpc) is 2.69. The molecule has 5 heteroatoms. The Hall–Kier alpha value is -3.21. The Morgan fingerprint density at radius 1 is 1.07 bits per heavy atom. The molecule has 0 aliphatic rings. The molecule has 3 aromatic rings. The van der Waals surface area contributed by atoms with Crippen LogP contribution in [0.3, 0.4) is 0 Å². The van der Waals surface area contributed by atoms with Crippen molar-refractivity contribution < 1.29 is 4.79 Å². The lowest BCUT2D eigenvalue weighted by atomic mass is 10.0. The first-order valence-corrected chi connectivity index (χ1v) is 9.56. The van der Waals surface area contributed by atoms with E-state index in [0.717, 1.165) is 23.5 Å². The monoisotopic (exact) mass is 374 g/mol. The SMILES string of the molecule is CCN(c1cccc(C)c1)c1ncc(C(=O)Nc2ccccc2C(C)C)cn1. The molecule has 1 aromatic heterocycles. The van der Waals surface area contributed by atoms with E-state index in [1.54, 1.807) is 12.4 Å². The van der Waals surface area contributed by atoms with Gasteiger partial charge in [0.2, 0.25) is 5.95 Å². The number of rotatable bonds is 6. The van der Waals surface area contributed by atoms with Gasteiger partial charge in [-0.15, -0.1) is 0 Å². The Morgan fingerprint density at radius 3 is 2.43 bits per heavy atom. The fourth-order valence-electron chi connectivity index (χ4n) is 3.12. The maximum absolute atomic E-state index is 12.6. The van der Waals surface area contributed by atoms with Crippen molar-refractivity contribution >= 4 is 23.2 Å². The van der Waals surface area contributed by atoms with Gasteiger partial charge in [-0.3, -0.25) is 4.79 Å². The molecule has 0 fully saturated rings. The number of nitrogens with one attached hydrogen (secondary N) is 1. The second-order valence-corrected chi connectivity index (χ2v) is 7.05. The van der Waals surface area contributed by atoms with Crippen molar-refractivity contribution in [1.29, 1.82) is 0 Å². The summed E-state index contributed by atoms with van der Waals surface area (Å²) < 4.78 is 0. The Balaban J connectivity index is 1.79. The third-order valence-corrected chi connectivity index (χ3v) is 4.60. The highest BCUT2D eigenvalue weighted by molar-refractivity contribution is 6.04. The molecule has 1 heterocycles. The van der Waals surface area contributed by atoms with Crippen molar-refractivity contribution in [2.24, 2.45) is 0 Å². The molecule has 2 aromatic carbocycles. The van der Waals surface area contributed by atoms with Crippen LogP contribution in [-0.4, -0.2) is 22.4 Å². The Morgan fingerprint density at radius 2 is 1.79 bits per heavy atom. The molecular formula is C23H26N4O. The maximum Gasteiger partial charge on any atom is 0.258 e. The number of nitrogens with zero attached hydrogens (tertiary/aromatic N) is 3. The number of aromatic nitrogens is 2. The van der Waals surface area contributed by atoms with Crippen molar-refractivity contribution in [3.8, 4) is 0 Å². The van der Waals surface area contributed by atoms with Crippen molar-refractivity contribution in [2.75, 3.05) is 16.8 Å². The predicted molar refractivity (Wildman–Crippen MR) is 114 cm³/mol. The van der Waals surface area contributed by atoms with E-state index in [1.165, 1.54) is 5.56 Å². The van der Waals surface area contributed by atoms with Gasteiger partial charge < -0.3 is 10.2 Å². The molecule has 0 radical (unpaired) electrons. The number of aryl methyl sites for hydroxylation is 1. The van der Waals surface area contributed by atoms with Gasteiger partial charge >= 0.3 is 0 Å². The van der Waals surface area contributed by atoms with Crippen LogP contribution in [0.1, 0.15) is 48.2 Å². The summed E-state index contributed by atoms with van der Waals surface area (Å²) in [5.41, 5.74) is 4.57. The van der Waals surface area contributed by atoms with E-state index in [0.29, 0.717) is 17.4 Å². The van der Waals surface area contributed by atoms with E-state index in [1.807, 2.05) is 41.3 Å². The summed E-state index contributed by atoms with van der Waals surface area (Å²) in [6.07, 6.45) is 3.15. The van der Waals surface area contributed by atoms with Crippen LogP contribution in [-0.2, 0) is 0 Å². The van der Waals surface area contributed by atoms with Crippen molar-refractivity contribution in [3.05, 3.63) is 77.6 Å². The van der Waals surface area contributed by atoms with Crippen molar-refractivity contribution in [3.63, 3.8) is 0 Å². The molecule has 0 bridgehead atoms. The highest BCUT2D eigenvalue weighted by Gasteiger charge is 2.14. The number of hydrogen-bond acceptors (Lipinski definition) is 4. The van der Waals surface area contributed by atoms with E-state index in [2.05, 4.69) is 55.1 Å². The van der Waals surface area contributed by atoms with Gasteiger partial charge in [-0.2, -0.15) is 0 Å². The third kappa shape index (κ3) is 4.36. The maximum atomic E-state index is 12.6. The van der Waals surface area contributed by atoms with Crippen molar-refractivity contribution in [1.82, 2.24) is 9.97 Å². The summed E-state index contributed by atoms with van der Waals surface area (Å²) in [6, 6.07) is 16.0. The fourth-order valence-corrected chi connectivity index (χ4v) is 3.12. The first kappa shape index (κ1) is 19.5. The Labute approximate surface area is 166 Å². The van der Waals surface area contributed by atoms with Gasteiger partial charge in [0.25, 0.3) is 5.91 Å². The van der Waals surface area contributed by atoms with Gasteiger partial charge in [0.1, 0.15) is 0 Å². The third-order valence-electron chi connectivity index (χ3n) is 4.60. The topological polar surface area (TPSA) is 58.1 Å². The number of carbonyl (C=O) groups is 1. The molecule has 3 rings (SSSR count). The van der Waals surface area contributed by atoms with Gasteiger partial charge in [0.15, 0.2) is 0 Å². The van der Waals surface area contributed by atoms with Crippen LogP contribution in [0.2, 0.25) is 0 Å². The minimum absolute atomic E-state index is 0.210. The fraction of sp³-hybridized carbons (Fsp3) is 0.261. The molecule has 1 N–H and O–H groups in total. The van der Waals surface area contributed by atoms with Crippen LogP contribution in [0.5, 0.6) is 0 Å². The highest BCUT2D eigenvalue weighted by atomic mass is 16.1. The first-order chi connectivity index (χ1) is 13.5. The molecule has 1 amide bonds. The quantitative estimate of drug-likeness (QED) is 0.634. The van der Waals surface area contributed by atoms with E-state index in [4.69, 9.17) is 0 Å². The second kappa shape index (κ2) is 8.65. The summed E-state index contributed by atoms with van der Waals surface area (Å²) >= 11 is 0. The van der Waals surface area contributed by atoms with E-state index in [9.17, 15) is 4.79 Å². The molecule has 0 unspecified atom stereocenters. The average molecular weight is 374 g/mol. The minimum Gasteiger partial charge on any atom is -0.322 e. The summed E-state index contributed by atoms with van der Waals surface area (Å²) in [5, 5.41) is 2.98. The van der Waals surface area contributed by atoms with Gasteiger partial charge in [-0.25, -0.2) is 9.97 Å². The molecular weight excluding hydrogens is 348 g/mol. The van der Waals surface area contributed by atoms with Crippen LogP contribution in [0.25, 0.3) is 0 Å². The standard InChI is InChI=1S/C23H26N4O/c1-5-27(19-10-8-9-17(4)13-19)23-24-14-18(15-25-23)22(28)26-21-12-7-6-11-20(21)16(2)3/h6-16H,5H2,1-4H3,(H,26,28). The predicted octanol–water partition coefficient (Wildman–Crippen LogP) is 5.32. The molecule has 0 saturated heterocycles. The lowest BCUT2D eigenvalue weighted by molar-refractivity contribution is 0.102. The molecule has 0 spiro atoms. The lowest BCUT2D eigenvalue weighted by Crippen LogP contribution is -2.20. The number of anilines is 3. The Kier molecular flexibility index (Phi) is 6.04. The van der Waals surface area contributed by atoms with E-state index in [-0.39, 0.29) is 5.91 Å². The Bertz CT molecular complexity index is 951. The summed E-state index contributed by atoms with van der Waals surface area (Å²) in [7, 11) is 0. The molecule has 28 heavy (non-hydrogen) atoms. The lowest BCUT2D eigenvalue weighted by Gasteiger charge is -2.21. The van der Waals surface area contributed by atoms with Gasteiger partial charge in [-0.1, -0.05) is 44.2 Å². The number of amides is 1. The van der Waals surface area contributed by atoms with Gasteiger partial charge in [0, 0.05) is 30.3 Å². The van der Waals surface area contributed by atoms with Gasteiger partial charge in [0.05, 0.1) is 5.56 Å². The second-order valence-electron chi connectivity index (χ2n) is 7.05.